The molecule has 1 heterocycles. The molecule has 0 aliphatic rings. The zero-order valence-corrected chi connectivity index (χ0v) is 10.3. The fourth-order valence-corrected chi connectivity index (χ4v) is 1.72. The van der Waals surface area contributed by atoms with E-state index >= 15 is 0 Å². The van der Waals surface area contributed by atoms with E-state index in [0.29, 0.717) is 6.42 Å². The minimum atomic E-state index is -1.00. The molecule has 0 aromatic carbocycles. The smallest absolute Gasteiger partial charge is 0.185 e. The van der Waals surface area contributed by atoms with Gasteiger partial charge in [-0.05, 0) is 25.3 Å². The molecule has 0 spiro atoms. The number of hydrogen-bond donors (Lipinski definition) is 1. The summed E-state index contributed by atoms with van der Waals surface area (Å²) in [6.07, 6.45) is 4.42. The predicted octanol–water partition coefficient (Wildman–Crippen LogP) is 0.723. The molecule has 0 radical (unpaired) electrons. The number of ether oxygens (including phenoxy) is 2. The highest BCUT2D eigenvalue weighted by Gasteiger charge is 2.31. The van der Waals surface area contributed by atoms with Crippen LogP contribution in [0.2, 0.25) is 0 Å². The molecule has 5 nitrogen and oxygen atoms in total. The van der Waals surface area contributed by atoms with Crippen LogP contribution in [-0.4, -0.2) is 41.0 Å². The first kappa shape index (κ1) is 13.2. The van der Waals surface area contributed by atoms with Crippen LogP contribution in [0.25, 0.3) is 0 Å². The van der Waals surface area contributed by atoms with Crippen LogP contribution in [0.15, 0.2) is 12.4 Å². The Labute approximate surface area is 96.0 Å². The number of methoxy groups -OCH3 is 2. The zero-order chi connectivity index (χ0) is 12.2. The number of aryl methyl sites for hydroxylation is 2. The molecule has 1 unspecified atom stereocenters. The maximum absolute atomic E-state index is 10.2. The van der Waals surface area contributed by atoms with Crippen LogP contribution < -0.4 is 0 Å². The van der Waals surface area contributed by atoms with Gasteiger partial charge in [-0.25, -0.2) is 0 Å². The van der Waals surface area contributed by atoms with Crippen LogP contribution in [0, 0.1) is 0 Å². The Morgan fingerprint density at radius 2 is 2.12 bits per heavy atom. The number of nitrogens with zero attached hydrogens (tertiary/aromatic N) is 2. The highest BCUT2D eigenvalue weighted by molar-refractivity contribution is 5.04. The molecule has 1 aromatic heterocycles. The van der Waals surface area contributed by atoms with E-state index in [2.05, 4.69) is 5.10 Å². The lowest BCUT2D eigenvalue weighted by Crippen LogP contribution is -2.42. The maximum atomic E-state index is 10.2. The van der Waals surface area contributed by atoms with Crippen LogP contribution in [0.1, 0.15) is 18.9 Å². The van der Waals surface area contributed by atoms with Gasteiger partial charge in [0.15, 0.2) is 6.29 Å². The highest BCUT2D eigenvalue weighted by Crippen LogP contribution is 2.20. The quantitative estimate of drug-likeness (QED) is 0.729. The Morgan fingerprint density at radius 3 is 2.56 bits per heavy atom. The summed E-state index contributed by atoms with van der Waals surface area (Å²) in [4.78, 5) is 0. The molecule has 1 N–H and O–H groups in total. The lowest BCUT2D eigenvalue weighted by atomic mass is 9.97. The standard InChI is InChI=1S/C11H20N2O3/c1-11(14,10(15-3)16-4)6-5-9-7-12-13(2)8-9/h7-8,10,14H,5-6H2,1-4H3. The molecule has 0 fully saturated rings. The van der Waals surface area contributed by atoms with Crippen molar-refractivity contribution in [3.63, 3.8) is 0 Å². The first-order valence-corrected chi connectivity index (χ1v) is 5.25. The Hall–Kier alpha value is -0.910. The van der Waals surface area contributed by atoms with E-state index in [1.165, 1.54) is 14.2 Å². The van der Waals surface area contributed by atoms with Crippen molar-refractivity contribution in [1.82, 2.24) is 9.78 Å². The molecule has 0 saturated carbocycles. The Kier molecular flexibility index (Phi) is 4.46. The van der Waals surface area contributed by atoms with E-state index in [1.807, 2.05) is 13.2 Å². The monoisotopic (exact) mass is 228 g/mol. The Morgan fingerprint density at radius 1 is 1.50 bits per heavy atom. The molecule has 1 rings (SSSR count). The van der Waals surface area contributed by atoms with E-state index in [1.54, 1.807) is 17.8 Å². The second-order valence-corrected chi connectivity index (χ2v) is 4.18. The summed E-state index contributed by atoms with van der Waals surface area (Å²) in [5, 5.41) is 14.2. The first-order chi connectivity index (χ1) is 7.49. The van der Waals surface area contributed by atoms with Gasteiger partial charge in [0.05, 0.1) is 6.20 Å². The van der Waals surface area contributed by atoms with Gasteiger partial charge in [-0.3, -0.25) is 4.68 Å². The normalized spacial score (nSPS) is 15.4. The van der Waals surface area contributed by atoms with Gasteiger partial charge in [-0.15, -0.1) is 0 Å². The third kappa shape index (κ3) is 3.30. The minimum absolute atomic E-state index is 0.561. The summed E-state index contributed by atoms with van der Waals surface area (Å²) >= 11 is 0. The molecule has 5 heteroatoms. The minimum Gasteiger partial charge on any atom is -0.385 e. The van der Waals surface area contributed by atoms with Gasteiger partial charge in [0, 0.05) is 27.5 Å². The average Bonchev–Trinajstić information content (AvgIpc) is 2.63. The lowest BCUT2D eigenvalue weighted by molar-refractivity contribution is -0.210. The third-order valence-electron chi connectivity index (χ3n) is 2.61. The van der Waals surface area contributed by atoms with Crippen LogP contribution in [0.5, 0.6) is 0 Å². The second kappa shape index (κ2) is 5.43. The number of rotatable bonds is 6. The summed E-state index contributed by atoms with van der Waals surface area (Å²) in [7, 11) is 4.91. The van der Waals surface area contributed by atoms with Gasteiger partial charge < -0.3 is 14.6 Å². The molecule has 0 aliphatic heterocycles. The zero-order valence-electron chi connectivity index (χ0n) is 10.3. The first-order valence-electron chi connectivity index (χ1n) is 5.25. The molecule has 0 bridgehead atoms. The number of hydrogen-bond acceptors (Lipinski definition) is 4. The van der Waals surface area contributed by atoms with Gasteiger partial charge in [0.1, 0.15) is 5.60 Å². The predicted molar refractivity (Wildman–Crippen MR) is 60.0 cm³/mol. The second-order valence-electron chi connectivity index (χ2n) is 4.18. The molecule has 1 atom stereocenters. The van der Waals surface area contributed by atoms with Crippen molar-refractivity contribution in [2.24, 2.45) is 7.05 Å². The third-order valence-corrected chi connectivity index (χ3v) is 2.61. The van der Waals surface area contributed by atoms with Gasteiger partial charge in [0.25, 0.3) is 0 Å². The van der Waals surface area contributed by atoms with Crippen molar-refractivity contribution < 1.29 is 14.6 Å². The van der Waals surface area contributed by atoms with Crippen molar-refractivity contribution in [3.8, 4) is 0 Å². The molecule has 0 amide bonds. The van der Waals surface area contributed by atoms with Crippen molar-refractivity contribution in [3.05, 3.63) is 18.0 Å². The van der Waals surface area contributed by atoms with Crippen LogP contribution in [0.3, 0.4) is 0 Å². The van der Waals surface area contributed by atoms with Crippen molar-refractivity contribution in [1.29, 1.82) is 0 Å². The molecule has 0 saturated heterocycles. The van der Waals surface area contributed by atoms with E-state index in [4.69, 9.17) is 9.47 Å². The van der Waals surface area contributed by atoms with E-state index < -0.39 is 11.9 Å². The average molecular weight is 228 g/mol. The fourth-order valence-electron chi connectivity index (χ4n) is 1.72. The summed E-state index contributed by atoms with van der Waals surface area (Å²) in [6, 6.07) is 0. The Balaban J connectivity index is 2.52. The van der Waals surface area contributed by atoms with Crippen molar-refractivity contribution in [2.45, 2.75) is 31.7 Å². The number of aliphatic hydroxyl groups is 1. The molecule has 0 aliphatic carbocycles. The maximum Gasteiger partial charge on any atom is 0.185 e. The van der Waals surface area contributed by atoms with Gasteiger partial charge >= 0.3 is 0 Å². The molecule has 16 heavy (non-hydrogen) atoms. The van der Waals surface area contributed by atoms with E-state index in [9.17, 15) is 5.11 Å². The SMILES string of the molecule is COC(OC)C(C)(O)CCc1cnn(C)c1. The summed E-state index contributed by atoms with van der Waals surface area (Å²) in [6.45, 7) is 1.71. The van der Waals surface area contributed by atoms with Crippen LogP contribution in [0.4, 0.5) is 0 Å². The highest BCUT2D eigenvalue weighted by atomic mass is 16.7. The molecule has 92 valence electrons. The lowest BCUT2D eigenvalue weighted by Gasteiger charge is -2.30. The van der Waals surface area contributed by atoms with Crippen molar-refractivity contribution in [2.75, 3.05) is 14.2 Å². The topological polar surface area (TPSA) is 56.5 Å². The Bertz CT molecular complexity index is 319. The van der Waals surface area contributed by atoms with E-state index in [0.717, 1.165) is 12.0 Å². The fraction of sp³-hybridized carbons (Fsp3) is 0.727. The van der Waals surface area contributed by atoms with Gasteiger partial charge in [-0.1, -0.05) is 0 Å². The van der Waals surface area contributed by atoms with Gasteiger partial charge in [-0.2, -0.15) is 5.10 Å². The molecular weight excluding hydrogens is 208 g/mol. The van der Waals surface area contributed by atoms with E-state index in [-0.39, 0.29) is 0 Å². The summed E-state index contributed by atoms with van der Waals surface area (Å²) in [5.74, 6) is 0. The molecule has 1 aromatic rings. The van der Waals surface area contributed by atoms with Crippen LogP contribution >= 0.6 is 0 Å². The van der Waals surface area contributed by atoms with Crippen LogP contribution in [-0.2, 0) is 22.9 Å². The largest absolute Gasteiger partial charge is 0.385 e. The molecular formula is C11H20N2O3. The summed E-state index contributed by atoms with van der Waals surface area (Å²) in [5.41, 5.74) is 0.0908. The number of aromatic nitrogens is 2. The van der Waals surface area contributed by atoms with Gasteiger partial charge in [0.2, 0.25) is 0 Å². The summed E-state index contributed by atoms with van der Waals surface area (Å²) < 4.78 is 11.9. The van der Waals surface area contributed by atoms with Crippen molar-refractivity contribution >= 4 is 0 Å².